The number of carbonyl (C=O) groups excluding carboxylic acids is 1. The maximum atomic E-state index is 14.2. The molecule has 0 radical (unpaired) electrons. The van der Waals surface area contributed by atoms with Crippen LogP contribution in [-0.2, 0) is 9.84 Å². The van der Waals surface area contributed by atoms with Crippen molar-refractivity contribution < 1.29 is 13.2 Å². The van der Waals surface area contributed by atoms with Crippen LogP contribution in [0.3, 0.4) is 0 Å². The summed E-state index contributed by atoms with van der Waals surface area (Å²) in [6.45, 7) is 0. The van der Waals surface area contributed by atoms with Crippen LogP contribution in [-0.4, -0.2) is 25.1 Å². The molecule has 40 heavy (non-hydrogen) atoms. The van der Waals surface area contributed by atoms with Crippen molar-refractivity contribution in [1.29, 1.82) is 5.26 Å². The van der Waals surface area contributed by atoms with Crippen LogP contribution in [0.1, 0.15) is 21.5 Å². The predicted molar refractivity (Wildman–Crippen MR) is 157 cm³/mol. The summed E-state index contributed by atoms with van der Waals surface area (Å²) in [6, 6.07) is 36.1. The molecule has 0 aliphatic heterocycles. The molecule has 0 N–H and O–H groups in total. The molecular weight excluding hydrogens is 539 g/mol. The number of sulfone groups is 1. The van der Waals surface area contributed by atoms with Gasteiger partial charge in [0.15, 0.2) is 5.82 Å². The van der Waals surface area contributed by atoms with Gasteiger partial charge in [-0.25, -0.2) is 18.0 Å². The lowest BCUT2D eigenvalue weighted by Gasteiger charge is -2.19. The van der Waals surface area contributed by atoms with Crippen LogP contribution in [0, 0.1) is 16.0 Å². The monoisotopic (exact) mass is 559 g/mol. The summed E-state index contributed by atoms with van der Waals surface area (Å²) in [5.74, 6) is -0.664. The van der Waals surface area contributed by atoms with Crippen molar-refractivity contribution in [3.63, 3.8) is 0 Å². The maximum absolute atomic E-state index is 14.2. The van der Waals surface area contributed by atoms with Gasteiger partial charge >= 0.3 is 0 Å². The third kappa shape index (κ3) is 5.04. The zero-order valence-electron chi connectivity index (χ0n) is 21.0. The first-order chi connectivity index (χ1) is 19.4. The minimum atomic E-state index is -4.28. The van der Waals surface area contributed by atoms with Crippen LogP contribution in [0.5, 0.6) is 0 Å². The Morgan fingerprint density at radius 1 is 0.800 bits per heavy atom. The fourth-order valence-corrected chi connectivity index (χ4v) is 6.45. The predicted octanol–water partition coefficient (Wildman–Crippen LogP) is 7.03. The summed E-state index contributed by atoms with van der Waals surface area (Å²) in [5.41, 5.74) is 1.43. The van der Waals surface area contributed by atoms with Gasteiger partial charge in [-0.15, -0.1) is 0 Å². The number of nitrogens with zero attached hydrogens (tertiary/aromatic N) is 3. The quantitative estimate of drug-likeness (QED) is 0.165. The second-order valence-corrected chi connectivity index (χ2v) is 11.0. The maximum Gasteiger partial charge on any atom is 0.264 e. The Morgan fingerprint density at radius 2 is 1.32 bits per heavy atom. The number of carbonyl (C=O) groups is 1. The van der Waals surface area contributed by atoms with E-state index in [0.717, 1.165) is 10.1 Å². The van der Waals surface area contributed by atoms with Crippen molar-refractivity contribution in [2.24, 2.45) is 4.99 Å². The third-order valence-electron chi connectivity index (χ3n) is 6.17. The minimum absolute atomic E-state index is 0.0126. The van der Waals surface area contributed by atoms with Crippen molar-refractivity contribution in [2.75, 3.05) is 0 Å². The first-order valence-electron chi connectivity index (χ1n) is 12.2. The molecule has 0 fully saturated rings. The standard InChI is InChI=1S/C32H21N3O3S2/c33-21-27-28(24-15-7-2-8-16-24)29(40(37,38)26-19-11-4-12-20-26)32(39)35(31(36)25-17-9-3-10-18-25)30(27)34-22-23-13-5-1-6-14-23/h1-20,22H/b34-22+. The number of aliphatic imine (C=N–C) groups is 1. The smallest absolute Gasteiger partial charge is 0.264 e. The summed E-state index contributed by atoms with van der Waals surface area (Å²) < 4.78 is 29.1. The second-order valence-electron chi connectivity index (χ2n) is 8.68. The highest BCUT2D eigenvalue weighted by molar-refractivity contribution is 7.92. The van der Waals surface area contributed by atoms with Crippen molar-refractivity contribution >= 4 is 40.0 Å². The Bertz CT molecular complexity index is 1930. The molecule has 0 saturated heterocycles. The molecule has 0 atom stereocenters. The molecule has 1 aromatic heterocycles. The highest BCUT2D eigenvalue weighted by atomic mass is 32.2. The fourth-order valence-electron chi connectivity index (χ4n) is 4.29. The van der Waals surface area contributed by atoms with Crippen LogP contribution >= 0.6 is 12.2 Å². The van der Waals surface area contributed by atoms with Crippen LogP contribution in [0.4, 0.5) is 5.82 Å². The lowest BCUT2D eigenvalue weighted by Crippen LogP contribution is -2.19. The average Bonchev–Trinajstić information content (AvgIpc) is 3.01. The van der Waals surface area contributed by atoms with E-state index in [1.807, 2.05) is 30.3 Å². The number of pyridine rings is 1. The van der Waals surface area contributed by atoms with Crippen LogP contribution in [0.15, 0.2) is 136 Å². The molecule has 5 rings (SSSR count). The summed E-state index contributed by atoms with van der Waals surface area (Å²) >= 11 is 5.81. The molecule has 0 spiro atoms. The Labute approximate surface area is 237 Å². The highest BCUT2D eigenvalue weighted by Crippen LogP contribution is 2.40. The SMILES string of the molecule is N#Cc1c(-c2ccccc2)c(S(=O)(=O)c2ccccc2)c(=S)n(C(=O)c2ccccc2)c1/N=C/c1ccccc1. The molecule has 5 aromatic rings. The molecule has 1 heterocycles. The molecule has 0 aliphatic carbocycles. The Kier molecular flexibility index (Phi) is 7.60. The van der Waals surface area contributed by atoms with Crippen LogP contribution in [0.2, 0.25) is 0 Å². The fraction of sp³-hybridized carbons (Fsp3) is 0. The zero-order chi connectivity index (χ0) is 28.1. The molecule has 0 bridgehead atoms. The first kappa shape index (κ1) is 26.6. The van der Waals surface area contributed by atoms with Gasteiger partial charge in [-0.05, 0) is 35.4 Å². The van der Waals surface area contributed by atoms with Crippen LogP contribution < -0.4 is 0 Å². The first-order valence-corrected chi connectivity index (χ1v) is 14.1. The minimum Gasteiger partial charge on any atom is -0.268 e. The van der Waals surface area contributed by atoms with Gasteiger partial charge in [-0.1, -0.05) is 109 Å². The van der Waals surface area contributed by atoms with E-state index in [2.05, 4.69) is 11.1 Å². The van der Waals surface area contributed by atoms with Crippen molar-refractivity contribution in [1.82, 2.24) is 4.57 Å². The molecule has 0 aliphatic rings. The molecule has 0 unspecified atom stereocenters. The Balaban J connectivity index is 1.95. The lowest BCUT2D eigenvalue weighted by molar-refractivity contribution is 0.0959. The van der Waals surface area contributed by atoms with Crippen molar-refractivity contribution in [3.05, 3.63) is 143 Å². The van der Waals surface area contributed by atoms with Gasteiger partial charge < -0.3 is 0 Å². The summed E-state index contributed by atoms with van der Waals surface area (Å²) in [4.78, 5) is 18.2. The van der Waals surface area contributed by atoms with E-state index >= 15 is 0 Å². The number of nitriles is 1. The van der Waals surface area contributed by atoms with Gasteiger partial charge in [-0.2, -0.15) is 5.26 Å². The van der Waals surface area contributed by atoms with Gasteiger partial charge in [0.05, 0.1) is 4.90 Å². The topological polar surface area (TPSA) is 92.3 Å². The van der Waals surface area contributed by atoms with Gasteiger partial charge in [0, 0.05) is 17.3 Å². The number of rotatable bonds is 6. The van der Waals surface area contributed by atoms with E-state index in [9.17, 15) is 18.5 Å². The largest absolute Gasteiger partial charge is 0.268 e. The van der Waals surface area contributed by atoms with E-state index in [1.165, 1.54) is 18.3 Å². The van der Waals surface area contributed by atoms with E-state index in [1.54, 1.807) is 78.9 Å². The van der Waals surface area contributed by atoms with Crippen LogP contribution in [0.25, 0.3) is 11.1 Å². The normalized spacial score (nSPS) is 11.3. The number of hydrogen-bond donors (Lipinski definition) is 0. The molecule has 6 nitrogen and oxygen atoms in total. The molecule has 8 heteroatoms. The number of aromatic nitrogens is 1. The van der Waals surface area contributed by atoms with Gasteiger partial charge in [0.1, 0.15) is 21.2 Å². The highest BCUT2D eigenvalue weighted by Gasteiger charge is 2.32. The molecule has 194 valence electrons. The van der Waals surface area contributed by atoms with Crippen molar-refractivity contribution in [3.8, 4) is 17.2 Å². The van der Waals surface area contributed by atoms with Gasteiger partial charge in [0.25, 0.3) is 5.91 Å². The lowest BCUT2D eigenvalue weighted by atomic mass is 10.0. The summed E-state index contributed by atoms with van der Waals surface area (Å²) in [6.07, 6.45) is 1.51. The van der Waals surface area contributed by atoms with Gasteiger partial charge in [0.2, 0.25) is 9.84 Å². The molecule has 0 amide bonds. The number of benzene rings is 4. The molecule has 4 aromatic carbocycles. The van der Waals surface area contributed by atoms with E-state index in [4.69, 9.17) is 12.2 Å². The van der Waals surface area contributed by atoms with E-state index in [-0.39, 0.29) is 36.9 Å². The average molecular weight is 560 g/mol. The second kappa shape index (κ2) is 11.4. The summed E-state index contributed by atoms with van der Waals surface area (Å²) in [5, 5.41) is 10.5. The Morgan fingerprint density at radius 3 is 1.90 bits per heavy atom. The van der Waals surface area contributed by atoms with Gasteiger partial charge in [-0.3, -0.25) is 4.79 Å². The zero-order valence-corrected chi connectivity index (χ0v) is 22.6. The third-order valence-corrected chi connectivity index (χ3v) is 8.51. The molecule has 0 saturated carbocycles. The van der Waals surface area contributed by atoms with E-state index < -0.39 is 15.7 Å². The molecular formula is C32H21N3O3S2. The Hall–Kier alpha value is -4.97. The van der Waals surface area contributed by atoms with Crippen molar-refractivity contribution in [2.45, 2.75) is 9.79 Å². The number of hydrogen-bond acceptors (Lipinski definition) is 6. The summed E-state index contributed by atoms with van der Waals surface area (Å²) in [7, 11) is -4.28. The van der Waals surface area contributed by atoms with E-state index in [0.29, 0.717) is 5.56 Å².